The van der Waals surface area contributed by atoms with Crippen molar-refractivity contribution in [2.75, 3.05) is 5.73 Å². The summed E-state index contributed by atoms with van der Waals surface area (Å²) >= 11 is 0. The highest BCUT2D eigenvalue weighted by Crippen LogP contribution is 2.26. The van der Waals surface area contributed by atoms with E-state index in [-0.39, 0.29) is 0 Å². The second-order valence-electron chi connectivity index (χ2n) is 7.51. The number of hydrogen-bond donors (Lipinski definition) is 2. The van der Waals surface area contributed by atoms with Gasteiger partial charge < -0.3 is 16.0 Å². The van der Waals surface area contributed by atoms with E-state index in [2.05, 4.69) is 65.9 Å². The summed E-state index contributed by atoms with van der Waals surface area (Å²) in [5.41, 5.74) is 16.7. The first-order valence-electron chi connectivity index (χ1n) is 10.0. The van der Waals surface area contributed by atoms with Crippen molar-refractivity contribution in [3.05, 3.63) is 53.0 Å². The molecule has 0 radical (unpaired) electrons. The van der Waals surface area contributed by atoms with Crippen LogP contribution in [0.5, 0.6) is 0 Å². The highest BCUT2D eigenvalue weighted by Gasteiger charge is 2.17. The summed E-state index contributed by atoms with van der Waals surface area (Å²) in [4.78, 5) is 4.85. The second kappa shape index (κ2) is 8.97. The summed E-state index contributed by atoms with van der Waals surface area (Å²) in [5, 5.41) is 8.50. The monoisotopic (exact) mass is 378 g/mol. The van der Waals surface area contributed by atoms with Crippen LogP contribution in [0.4, 0.5) is 5.82 Å². The number of hydrogen-bond acceptors (Lipinski definition) is 5. The number of nitrogen functional groups attached to an aromatic ring is 1. The van der Waals surface area contributed by atoms with Gasteiger partial charge in [-0.25, -0.2) is 4.98 Å². The summed E-state index contributed by atoms with van der Waals surface area (Å²) in [6, 6.07) is 8.40. The molecule has 0 atom stereocenters. The number of aromatic nitrogens is 4. The zero-order valence-corrected chi connectivity index (χ0v) is 17.0. The number of unbranched alkanes of at least 4 members (excludes halogenated alkanes) is 1. The van der Waals surface area contributed by atoms with Gasteiger partial charge in [-0.15, -0.1) is 10.2 Å². The molecule has 6 heteroatoms. The van der Waals surface area contributed by atoms with Crippen LogP contribution >= 0.6 is 0 Å². The first-order valence-corrected chi connectivity index (χ1v) is 10.0. The number of fused-ring (bicyclic) bond motifs is 1. The van der Waals surface area contributed by atoms with Crippen molar-refractivity contribution in [1.82, 2.24) is 19.7 Å². The van der Waals surface area contributed by atoms with Crippen molar-refractivity contribution in [3.63, 3.8) is 0 Å². The first kappa shape index (κ1) is 20.0. The third-order valence-corrected chi connectivity index (χ3v) is 4.79. The topological polar surface area (TPSA) is 95.6 Å². The molecule has 0 aliphatic rings. The predicted molar refractivity (Wildman–Crippen MR) is 116 cm³/mol. The van der Waals surface area contributed by atoms with Crippen molar-refractivity contribution in [1.29, 1.82) is 0 Å². The summed E-state index contributed by atoms with van der Waals surface area (Å²) in [5.74, 6) is 1.83. The molecule has 0 amide bonds. The molecular weight excluding hydrogens is 348 g/mol. The Morgan fingerprint density at radius 2 is 1.82 bits per heavy atom. The van der Waals surface area contributed by atoms with Crippen LogP contribution in [0.2, 0.25) is 0 Å². The molecule has 0 saturated heterocycles. The highest BCUT2D eigenvalue weighted by atomic mass is 15.2. The zero-order chi connectivity index (χ0) is 20.1. The molecule has 0 unspecified atom stereocenters. The summed E-state index contributed by atoms with van der Waals surface area (Å²) in [6.45, 7) is 7.73. The number of anilines is 1. The molecule has 0 aliphatic heterocycles. The van der Waals surface area contributed by atoms with Crippen molar-refractivity contribution in [2.24, 2.45) is 11.7 Å². The van der Waals surface area contributed by atoms with Gasteiger partial charge >= 0.3 is 0 Å². The quantitative estimate of drug-likeness (QED) is 0.619. The van der Waals surface area contributed by atoms with E-state index in [4.69, 9.17) is 16.5 Å². The Morgan fingerprint density at radius 1 is 1.11 bits per heavy atom. The van der Waals surface area contributed by atoms with Gasteiger partial charge in [0.25, 0.3) is 0 Å². The second-order valence-corrected chi connectivity index (χ2v) is 7.51. The first-order chi connectivity index (χ1) is 13.5. The van der Waals surface area contributed by atoms with Gasteiger partial charge in [-0.3, -0.25) is 0 Å². The third-order valence-electron chi connectivity index (χ3n) is 4.79. The van der Waals surface area contributed by atoms with Crippen LogP contribution in [0.3, 0.4) is 0 Å². The van der Waals surface area contributed by atoms with E-state index in [9.17, 15) is 0 Å². The molecule has 0 bridgehead atoms. The van der Waals surface area contributed by atoms with Gasteiger partial charge in [-0.1, -0.05) is 57.5 Å². The molecule has 0 aliphatic carbocycles. The lowest BCUT2D eigenvalue weighted by molar-refractivity contribution is 0.689. The lowest BCUT2D eigenvalue weighted by Gasteiger charge is -2.11. The van der Waals surface area contributed by atoms with Gasteiger partial charge in [0, 0.05) is 19.5 Å². The molecule has 28 heavy (non-hydrogen) atoms. The third kappa shape index (κ3) is 4.39. The van der Waals surface area contributed by atoms with E-state index in [0.29, 0.717) is 24.8 Å². The Kier molecular flexibility index (Phi) is 6.41. The molecule has 3 aromatic rings. The van der Waals surface area contributed by atoms with Gasteiger partial charge in [0.05, 0.1) is 0 Å². The van der Waals surface area contributed by atoms with E-state index < -0.39 is 0 Å². The molecular formula is C22H30N6. The van der Waals surface area contributed by atoms with Crippen LogP contribution in [0.25, 0.3) is 17.1 Å². The minimum absolute atomic E-state index is 0.381. The van der Waals surface area contributed by atoms with Crippen LogP contribution in [-0.2, 0) is 19.5 Å². The number of allylic oxidation sites excluding steroid dienone is 1. The number of imidazole rings is 1. The van der Waals surface area contributed by atoms with E-state index in [1.165, 1.54) is 5.56 Å². The minimum atomic E-state index is 0.381. The standard InChI is InChI=1S/C22H30N6/c1-4-5-6-19-25-20-21(18(12-7-15(2)3)26-27-22(20)24)28(19)14-17-10-8-16(13-23)9-11-17/h7-12,15H,4-6,13-14,23H2,1-3H3,(H2,24,27)/b12-7+. The molecule has 0 spiro atoms. The Labute approximate surface area is 166 Å². The van der Waals surface area contributed by atoms with E-state index in [1.54, 1.807) is 0 Å². The van der Waals surface area contributed by atoms with Crippen molar-refractivity contribution in [2.45, 2.75) is 53.1 Å². The fourth-order valence-electron chi connectivity index (χ4n) is 3.20. The Balaban J connectivity index is 2.13. The molecule has 0 saturated carbocycles. The molecule has 1 aromatic carbocycles. The number of nitrogens with two attached hydrogens (primary N) is 2. The number of rotatable bonds is 8. The van der Waals surface area contributed by atoms with Crippen LogP contribution in [0.15, 0.2) is 30.3 Å². The normalized spacial score (nSPS) is 11.9. The zero-order valence-electron chi connectivity index (χ0n) is 17.0. The molecule has 2 heterocycles. The van der Waals surface area contributed by atoms with Crippen molar-refractivity contribution < 1.29 is 0 Å². The Bertz CT molecular complexity index is 953. The predicted octanol–water partition coefficient (Wildman–Crippen LogP) is 3.93. The van der Waals surface area contributed by atoms with Gasteiger partial charge in [0.2, 0.25) is 0 Å². The number of aryl methyl sites for hydroxylation is 1. The lowest BCUT2D eigenvalue weighted by Crippen LogP contribution is -2.07. The molecule has 4 N–H and O–H groups in total. The van der Waals surface area contributed by atoms with Gasteiger partial charge in [-0.05, 0) is 29.5 Å². The van der Waals surface area contributed by atoms with E-state index >= 15 is 0 Å². The van der Waals surface area contributed by atoms with Crippen LogP contribution in [0.1, 0.15) is 56.3 Å². The van der Waals surface area contributed by atoms with E-state index in [0.717, 1.165) is 47.4 Å². The average molecular weight is 379 g/mol. The van der Waals surface area contributed by atoms with Crippen molar-refractivity contribution >= 4 is 22.9 Å². The minimum Gasteiger partial charge on any atom is -0.380 e. The highest BCUT2D eigenvalue weighted by molar-refractivity contribution is 5.90. The summed E-state index contributed by atoms with van der Waals surface area (Å²) in [6.07, 6.45) is 7.24. The molecule has 3 rings (SSSR count). The van der Waals surface area contributed by atoms with Gasteiger partial charge in [0.1, 0.15) is 22.6 Å². The summed E-state index contributed by atoms with van der Waals surface area (Å²) < 4.78 is 2.24. The smallest absolute Gasteiger partial charge is 0.174 e. The molecule has 6 nitrogen and oxygen atoms in total. The van der Waals surface area contributed by atoms with Crippen LogP contribution < -0.4 is 11.5 Å². The fraction of sp³-hybridized carbons (Fsp3) is 0.409. The van der Waals surface area contributed by atoms with Gasteiger partial charge in [0.15, 0.2) is 5.82 Å². The fourth-order valence-corrected chi connectivity index (χ4v) is 3.20. The summed E-state index contributed by atoms with van der Waals surface area (Å²) in [7, 11) is 0. The van der Waals surface area contributed by atoms with Crippen LogP contribution in [-0.4, -0.2) is 19.7 Å². The Hall–Kier alpha value is -2.73. The molecule has 148 valence electrons. The maximum atomic E-state index is 6.14. The largest absolute Gasteiger partial charge is 0.380 e. The SMILES string of the molecule is CCCCc1nc2c(N)nnc(/C=C/C(C)C)c2n1Cc1ccc(CN)cc1. The van der Waals surface area contributed by atoms with E-state index in [1.807, 2.05) is 6.08 Å². The number of nitrogens with zero attached hydrogens (tertiary/aromatic N) is 4. The molecule has 0 fully saturated rings. The average Bonchev–Trinajstić information content (AvgIpc) is 3.05. The molecule has 2 aromatic heterocycles. The lowest BCUT2D eigenvalue weighted by atomic mass is 10.1. The van der Waals surface area contributed by atoms with Crippen molar-refractivity contribution in [3.8, 4) is 0 Å². The maximum absolute atomic E-state index is 6.14. The van der Waals surface area contributed by atoms with Gasteiger partial charge in [-0.2, -0.15) is 0 Å². The Morgan fingerprint density at radius 3 is 2.46 bits per heavy atom. The van der Waals surface area contributed by atoms with Crippen LogP contribution in [0, 0.1) is 5.92 Å². The maximum Gasteiger partial charge on any atom is 0.174 e. The number of benzene rings is 1.